The molecule has 0 saturated heterocycles. The third kappa shape index (κ3) is 3.16. The topological polar surface area (TPSA) is 80.0 Å². The van der Waals surface area contributed by atoms with Gasteiger partial charge in [0.05, 0.1) is 12.1 Å². The van der Waals surface area contributed by atoms with Crippen molar-refractivity contribution in [3.63, 3.8) is 0 Å². The van der Waals surface area contributed by atoms with E-state index in [2.05, 4.69) is 15.4 Å². The predicted molar refractivity (Wildman–Crippen MR) is 92.5 cm³/mol. The fourth-order valence-electron chi connectivity index (χ4n) is 3.20. The van der Waals surface area contributed by atoms with E-state index in [9.17, 15) is 9.90 Å². The molecule has 1 amide bonds. The maximum Gasteiger partial charge on any atom is 0.242 e. The van der Waals surface area contributed by atoms with E-state index in [-0.39, 0.29) is 18.5 Å². The van der Waals surface area contributed by atoms with Crippen LogP contribution in [0.4, 0.5) is 0 Å². The van der Waals surface area contributed by atoms with Crippen molar-refractivity contribution in [1.82, 2.24) is 20.1 Å². The van der Waals surface area contributed by atoms with Gasteiger partial charge in [-0.05, 0) is 11.1 Å². The first-order valence-electron chi connectivity index (χ1n) is 8.21. The number of aliphatic hydroxyl groups excluding tert-OH is 1. The Balaban J connectivity index is 1.44. The highest BCUT2D eigenvalue weighted by Crippen LogP contribution is 2.31. The van der Waals surface area contributed by atoms with Crippen LogP contribution in [0, 0.1) is 0 Å². The Kier molecular flexibility index (Phi) is 4.03. The van der Waals surface area contributed by atoms with E-state index >= 15 is 0 Å². The van der Waals surface area contributed by atoms with Gasteiger partial charge in [-0.2, -0.15) is 5.10 Å². The summed E-state index contributed by atoms with van der Waals surface area (Å²) in [6, 6.07) is 17.0. The van der Waals surface area contributed by atoms with E-state index in [0.29, 0.717) is 12.2 Å². The molecule has 126 valence electrons. The highest BCUT2D eigenvalue weighted by molar-refractivity contribution is 5.76. The zero-order valence-electron chi connectivity index (χ0n) is 13.5. The number of fused-ring (bicyclic) bond motifs is 1. The van der Waals surface area contributed by atoms with Crippen LogP contribution < -0.4 is 5.32 Å². The van der Waals surface area contributed by atoms with Crippen molar-refractivity contribution in [2.45, 2.75) is 25.1 Å². The molecule has 0 aliphatic heterocycles. The smallest absolute Gasteiger partial charge is 0.242 e. The molecular formula is C19H18N4O2. The van der Waals surface area contributed by atoms with Gasteiger partial charge in [-0.3, -0.25) is 4.79 Å². The molecule has 2 N–H and O–H groups in total. The van der Waals surface area contributed by atoms with Gasteiger partial charge in [0.2, 0.25) is 5.91 Å². The van der Waals surface area contributed by atoms with Crippen LogP contribution in [0.3, 0.4) is 0 Å². The van der Waals surface area contributed by atoms with Gasteiger partial charge >= 0.3 is 0 Å². The highest BCUT2D eigenvalue weighted by atomic mass is 16.3. The second kappa shape index (κ2) is 6.49. The molecule has 6 nitrogen and oxygen atoms in total. The first-order valence-corrected chi connectivity index (χ1v) is 8.21. The fraction of sp³-hybridized carbons (Fsp3) is 0.211. The predicted octanol–water partition coefficient (Wildman–Crippen LogP) is 1.72. The van der Waals surface area contributed by atoms with Crippen LogP contribution in [-0.4, -0.2) is 31.9 Å². The number of nitrogens with one attached hydrogen (secondary N) is 1. The van der Waals surface area contributed by atoms with Gasteiger partial charge in [0.25, 0.3) is 0 Å². The Labute approximate surface area is 145 Å². The van der Waals surface area contributed by atoms with Crippen molar-refractivity contribution in [1.29, 1.82) is 0 Å². The number of carbonyl (C=O) groups excluding carboxylic acids is 1. The average Bonchev–Trinajstić information content (AvgIpc) is 3.21. The lowest BCUT2D eigenvalue weighted by atomic mass is 10.1. The van der Waals surface area contributed by atoms with E-state index in [1.165, 1.54) is 4.68 Å². The quantitative estimate of drug-likeness (QED) is 0.761. The Bertz CT molecular complexity index is 891. The van der Waals surface area contributed by atoms with Crippen LogP contribution in [-0.2, 0) is 17.8 Å². The lowest BCUT2D eigenvalue weighted by Gasteiger charge is -2.17. The summed E-state index contributed by atoms with van der Waals surface area (Å²) in [6.07, 6.45) is 1.50. The van der Waals surface area contributed by atoms with E-state index < -0.39 is 6.10 Å². The largest absolute Gasteiger partial charge is 0.390 e. The van der Waals surface area contributed by atoms with Gasteiger partial charge in [0, 0.05) is 12.0 Å². The number of rotatable bonds is 4. The SMILES string of the molecule is O=C(Cn1cnc(-c2ccccc2)n1)N[C@H]1c2ccccc2C[C@H]1O. The molecule has 2 aromatic carbocycles. The zero-order valence-corrected chi connectivity index (χ0v) is 13.5. The summed E-state index contributed by atoms with van der Waals surface area (Å²) in [4.78, 5) is 16.6. The average molecular weight is 334 g/mol. The first kappa shape index (κ1) is 15.5. The third-order valence-electron chi connectivity index (χ3n) is 4.39. The van der Waals surface area contributed by atoms with Crippen molar-refractivity contribution in [3.8, 4) is 11.4 Å². The van der Waals surface area contributed by atoms with Gasteiger partial charge in [0.15, 0.2) is 5.82 Å². The minimum atomic E-state index is -0.600. The van der Waals surface area contributed by atoms with Crippen molar-refractivity contribution < 1.29 is 9.90 Å². The van der Waals surface area contributed by atoms with Gasteiger partial charge in [-0.15, -0.1) is 0 Å². The molecule has 1 aliphatic carbocycles. The Morgan fingerprint density at radius 1 is 1.16 bits per heavy atom. The molecule has 3 aromatic rings. The number of hydrogen-bond donors (Lipinski definition) is 2. The van der Waals surface area contributed by atoms with Gasteiger partial charge < -0.3 is 10.4 Å². The van der Waals surface area contributed by atoms with Gasteiger partial charge in [-0.25, -0.2) is 9.67 Å². The van der Waals surface area contributed by atoms with Crippen LogP contribution in [0.25, 0.3) is 11.4 Å². The number of amides is 1. The summed E-state index contributed by atoms with van der Waals surface area (Å²) in [6.45, 7) is 0.0607. The van der Waals surface area contributed by atoms with Gasteiger partial charge in [0.1, 0.15) is 12.9 Å². The number of aromatic nitrogens is 3. The molecule has 0 radical (unpaired) electrons. The highest BCUT2D eigenvalue weighted by Gasteiger charge is 2.31. The lowest BCUT2D eigenvalue weighted by molar-refractivity contribution is -0.123. The van der Waals surface area contributed by atoms with E-state index in [1.54, 1.807) is 6.33 Å². The Morgan fingerprint density at radius 2 is 1.92 bits per heavy atom. The van der Waals surface area contributed by atoms with Crippen molar-refractivity contribution >= 4 is 5.91 Å². The van der Waals surface area contributed by atoms with Crippen LogP contribution in [0.15, 0.2) is 60.9 Å². The summed E-state index contributed by atoms with van der Waals surface area (Å²) >= 11 is 0. The van der Waals surface area contributed by atoms with Crippen LogP contribution in [0.1, 0.15) is 17.2 Å². The molecule has 0 spiro atoms. The van der Waals surface area contributed by atoms with Gasteiger partial charge in [-0.1, -0.05) is 54.6 Å². The molecule has 6 heteroatoms. The van der Waals surface area contributed by atoms with Crippen molar-refractivity contribution in [2.24, 2.45) is 0 Å². The number of carbonyl (C=O) groups is 1. The van der Waals surface area contributed by atoms with E-state index in [4.69, 9.17) is 0 Å². The molecule has 1 heterocycles. The third-order valence-corrected chi connectivity index (χ3v) is 4.39. The molecule has 0 bridgehead atoms. The van der Waals surface area contributed by atoms with Crippen LogP contribution in [0.5, 0.6) is 0 Å². The normalized spacial score (nSPS) is 18.8. The van der Waals surface area contributed by atoms with Crippen molar-refractivity contribution in [3.05, 3.63) is 72.1 Å². The Hall–Kier alpha value is -2.99. The van der Waals surface area contributed by atoms with Crippen LogP contribution in [0.2, 0.25) is 0 Å². The molecule has 4 rings (SSSR count). The fourth-order valence-corrected chi connectivity index (χ4v) is 3.20. The molecule has 2 atom stereocenters. The number of aliphatic hydroxyl groups is 1. The monoisotopic (exact) mass is 334 g/mol. The summed E-state index contributed by atoms with van der Waals surface area (Å²) < 4.78 is 1.50. The van der Waals surface area contributed by atoms with E-state index in [1.807, 2.05) is 54.6 Å². The first-order chi connectivity index (χ1) is 12.2. The van der Waals surface area contributed by atoms with Crippen molar-refractivity contribution in [2.75, 3.05) is 0 Å². The number of benzene rings is 2. The minimum Gasteiger partial charge on any atom is -0.390 e. The van der Waals surface area contributed by atoms with Crippen LogP contribution >= 0.6 is 0 Å². The standard InChI is InChI=1S/C19H18N4O2/c24-16-10-14-8-4-5-9-15(14)18(16)21-17(25)11-23-12-20-19(22-23)13-6-2-1-3-7-13/h1-9,12,16,18,24H,10-11H2,(H,21,25)/t16-,18+/m1/s1. The maximum absolute atomic E-state index is 12.4. The molecule has 1 aromatic heterocycles. The maximum atomic E-state index is 12.4. The van der Waals surface area contributed by atoms with E-state index in [0.717, 1.165) is 16.7 Å². The molecule has 0 fully saturated rings. The summed E-state index contributed by atoms with van der Waals surface area (Å²) in [7, 11) is 0. The Morgan fingerprint density at radius 3 is 2.76 bits per heavy atom. The molecule has 1 aliphatic rings. The zero-order chi connectivity index (χ0) is 17.2. The second-order valence-corrected chi connectivity index (χ2v) is 6.15. The lowest BCUT2D eigenvalue weighted by Crippen LogP contribution is -2.36. The molecule has 0 unspecified atom stereocenters. The number of hydrogen-bond acceptors (Lipinski definition) is 4. The number of nitrogens with zero attached hydrogens (tertiary/aromatic N) is 3. The molecule has 25 heavy (non-hydrogen) atoms. The summed E-state index contributed by atoms with van der Waals surface area (Å²) in [5, 5.41) is 17.5. The molecule has 0 saturated carbocycles. The summed E-state index contributed by atoms with van der Waals surface area (Å²) in [5.74, 6) is 0.380. The molecular weight excluding hydrogens is 316 g/mol. The summed E-state index contributed by atoms with van der Waals surface area (Å²) in [5.41, 5.74) is 2.96. The second-order valence-electron chi connectivity index (χ2n) is 6.15. The minimum absolute atomic E-state index is 0.0607.